The van der Waals surface area contributed by atoms with Crippen LogP contribution in [0.2, 0.25) is 0 Å². The van der Waals surface area contributed by atoms with Crippen LogP contribution in [0.5, 0.6) is 0 Å². The van der Waals surface area contributed by atoms with E-state index in [1.165, 1.54) is 23.2 Å². The van der Waals surface area contributed by atoms with Gasteiger partial charge >= 0.3 is 0 Å². The minimum absolute atomic E-state index is 0.171. The molecule has 0 unspecified atom stereocenters. The van der Waals surface area contributed by atoms with E-state index < -0.39 is 0 Å². The molecule has 0 bridgehead atoms. The van der Waals surface area contributed by atoms with Crippen LogP contribution in [0.4, 0.5) is 10.8 Å². The van der Waals surface area contributed by atoms with E-state index in [1.54, 1.807) is 36.4 Å². The fourth-order valence-corrected chi connectivity index (χ4v) is 4.39. The van der Waals surface area contributed by atoms with Crippen molar-refractivity contribution in [3.63, 3.8) is 0 Å². The Kier molecular flexibility index (Phi) is 5.51. The molecular weight excluding hydrogens is 416 g/mol. The number of aromatic nitrogens is 1. The van der Waals surface area contributed by atoms with Gasteiger partial charge < -0.3 is 10.6 Å². The van der Waals surface area contributed by atoms with Crippen LogP contribution in [0.25, 0.3) is 10.2 Å². The quantitative estimate of drug-likeness (QED) is 0.574. The van der Waals surface area contributed by atoms with Crippen molar-refractivity contribution in [2.24, 2.45) is 0 Å². The lowest BCUT2D eigenvalue weighted by molar-refractivity contribution is -0.116. The number of hydrogen-bond acceptors (Lipinski definition) is 6. The first-order valence-corrected chi connectivity index (χ1v) is 10.6. The van der Waals surface area contributed by atoms with Crippen molar-refractivity contribution < 1.29 is 19.2 Å². The predicted molar refractivity (Wildman–Crippen MR) is 118 cm³/mol. The molecule has 1 aromatic heterocycles. The molecule has 4 amide bonds. The fraction of sp³-hybridized carbons (Fsp3) is 0.227. The first-order chi connectivity index (χ1) is 14.8. The summed E-state index contributed by atoms with van der Waals surface area (Å²) in [4.78, 5) is 54.0. The molecular formula is C22H20N4O4S. The van der Waals surface area contributed by atoms with Crippen molar-refractivity contribution in [2.45, 2.75) is 26.7 Å². The average molecular weight is 436 g/mol. The van der Waals surface area contributed by atoms with Gasteiger partial charge in [-0.15, -0.1) is 0 Å². The summed E-state index contributed by atoms with van der Waals surface area (Å²) in [5.41, 5.74) is 3.10. The highest BCUT2D eigenvalue weighted by Crippen LogP contribution is 2.28. The average Bonchev–Trinajstić information content (AvgIpc) is 3.20. The Labute approximate surface area is 182 Å². The zero-order valence-electron chi connectivity index (χ0n) is 17.0. The SMILES string of the molecule is CC(=O)Nc1nc2ccc(NC(=O)CCCN3C(=O)c4ccc(C)cc4C3=O)cc2s1. The standard InChI is InChI=1S/C22H20N4O4S/c1-12-5-7-15-16(10-12)21(30)26(20(15)29)9-3-4-19(28)24-14-6-8-17-18(11-14)31-22(25-17)23-13(2)27/h5-8,10-11H,3-4,9H2,1-2H3,(H,24,28)(H,23,25,27). The van der Waals surface area contributed by atoms with Gasteiger partial charge in [0.05, 0.1) is 21.3 Å². The predicted octanol–water partition coefficient (Wildman–Crippen LogP) is 3.58. The Morgan fingerprint density at radius 1 is 1.03 bits per heavy atom. The molecule has 0 aliphatic carbocycles. The van der Waals surface area contributed by atoms with E-state index in [1.807, 2.05) is 6.92 Å². The maximum absolute atomic E-state index is 12.5. The van der Waals surface area contributed by atoms with Crippen molar-refractivity contribution in [3.05, 3.63) is 53.1 Å². The summed E-state index contributed by atoms with van der Waals surface area (Å²) >= 11 is 1.32. The maximum Gasteiger partial charge on any atom is 0.261 e. The van der Waals surface area contributed by atoms with Gasteiger partial charge in [-0.1, -0.05) is 23.0 Å². The van der Waals surface area contributed by atoms with Gasteiger partial charge in [-0.2, -0.15) is 0 Å². The van der Waals surface area contributed by atoms with E-state index in [2.05, 4.69) is 15.6 Å². The summed E-state index contributed by atoms with van der Waals surface area (Å²) in [6, 6.07) is 10.5. The zero-order chi connectivity index (χ0) is 22.1. The van der Waals surface area contributed by atoms with Gasteiger partial charge in [0.25, 0.3) is 11.8 Å². The van der Waals surface area contributed by atoms with Gasteiger partial charge in [-0.25, -0.2) is 4.98 Å². The third kappa shape index (κ3) is 4.31. The van der Waals surface area contributed by atoms with Crippen molar-refractivity contribution in [1.82, 2.24) is 9.88 Å². The number of benzene rings is 2. The highest BCUT2D eigenvalue weighted by molar-refractivity contribution is 7.22. The van der Waals surface area contributed by atoms with Crippen LogP contribution >= 0.6 is 11.3 Å². The summed E-state index contributed by atoms with van der Waals surface area (Å²) in [5, 5.41) is 5.97. The van der Waals surface area contributed by atoms with Crippen LogP contribution in [-0.4, -0.2) is 40.1 Å². The van der Waals surface area contributed by atoms with Gasteiger partial charge in [0, 0.05) is 25.6 Å². The lowest BCUT2D eigenvalue weighted by atomic mass is 10.1. The van der Waals surface area contributed by atoms with E-state index in [9.17, 15) is 19.2 Å². The van der Waals surface area contributed by atoms with Crippen molar-refractivity contribution in [1.29, 1.82) is 0 Å². The molecule has 8 nitrogen and oxygen atoms in total. The van der Waals surface area contributed by atoms with Crippen LogP contribution in [0.15, 0.2) is 36.4 Å². The van der Waals surface area contributed by atoms with Gasteiger partial charge in [-0.05, 0) is 43.7 Å². The molecule has 1 aliphatic rings. The second-order valence-electron chi connectivity index (χ2n) is 7.35. The number of rotatable bonds is 6. The molecule has 2 N–H and O–H groups in total. The Morgan fingerprint density at radius 2 is 1.81 bits per heavy atom. The minimum atomic E-state index is -0.314. The summed E-state index contributed by atoms with van der Waals surface area (Å²) < 4.78 is 0.836. The number of nitrogens with one attached hydrogen (secondary N) is 2. The molecule has 9 heteroatoms. The number of amides is 4. The Hall–Kier alpha value is -3.59. The monoisotopic (exact) mass is 436 g/mol. The molecule has 2 heterocycles. The number of nitrogens with zero attached hydrogens (tertiary/aromatic N) is 2. The van der Waals surface area contributed by atoms with Crippen LogP contribution in [0.1, 0.15) is 46.0 Å². The van der Waals surface area contributed by atoms with E-state index in [4.69, 9.17) is 0 Å². The minimum Gasteiger partial charge on any atom is -0.326 e. The molecule has 2 aromatic carbocycles. The lowest BCUT2D eigenvalue weighted by Gasteiger charge is -2.13. The third-order valence-electron chi connectivity index (χ3n) is 4.87. The van der Waals surface area contributed by atoms with Crippen LogP contribution in [0.3, 0.4) is 0 Å². The van der Waals surface area contributed by atoms with Crippen LogP contribution in [-0.2, 0) is 9.59 Å². The Morgan fingerprint density at radius 3 is 2.58 bits per heavy atom. The largest absolute Gasteiger partial charge is 0.326 e. The normalized spacial score (nSPS) is 12.9. The van der Waals surface area contributed by atoms with Crippen molar-refractivity contribution >= 4 is 56.0 Å². The second kappa shape index (κ2) is 8.27. The molecule has 31 heavy (non-hydrogen) atoms. The topological polar surface area (TPSA) is 108 Å². The molecule has 0 atom stereocenters. The maximum atomic E-state index is 12.5. The number of imide groups is 1. The van der Waals surface area contributed by atoms with Crippen molar-refractivity contribution in [3.8, 4) is 0 Å². The number of carbonyl (C=O) groups is 4. The summed E-state index contributed by atoms with van der Waals surface area (Å²) in [6.45, 7) is 3.47. The zero-order valence-corrected chi connectivity index (χ0v) is 17.8. The van der Waals surface area contributed by atoms with E-state index >= 15 is 0 Å². The number of anilines is 2. The molecule has 3 aromatic rings. The van der Waals surface area contributed by atoms with E-state index in [-0.39, 0.29) is 36.6 Å². The van der Waals surface area contributed by atoms with Crippen molar-refractivity contribution in [2.75, 3.05) is 17.2 Å². The first kappa shape index (κ1) is 20.7. The summed E-state index contributed by atoms with van der Waals surface area (Å²) in [7, 11) is 0. The molecule has 0 spiro atoms. The first-order valence-electron chi connectivity index (χ1n) is 9.77. The second-order valence-corrected chi connectivity index (χ2v) is 8.38. The summed E-state index contributed by atoms with van der Waals surface area (Å²) in [6.07, 6.45) is 0.538. The molecule has 4 rings (SSSR count). The molecule has 0 saturated carbocycles. The molecule has 0 radical (unpaired) electrons. The highest BCUT2D eigenvalue weighted by Gasteiger charge is 2.34. The van der Waals surface area contributed by atoms with Crippen LogP contribution in [0, 0.1) is 6.92 Å². The number of hydrogen-bond donors (Lipinski definition) is 2. The number of thiazole rings is 1. The van der Waals surface area contributed by atoms with E-state index in [0.29, 0.717) is 28.4 Å². The Balaban J connectivity index is 1.33. The molecule has 1 aliphatic heterocycles. The highest BCUT2D eigenvalue weighted by atomic mass is 32.1. The van der Waals surface area contributed by atoms with Gasteiger partial charge in [0.15, 0.2) is 5.13 Å². The van der Waals surface area contributed by atoms with Crippen LogP contribution < -0.4 is 10.6 Å². The third-order valence-corrected chi connectivity index (χ3v) is 5.80. The van der Waals surface area contributed by atoms with E-state index in [0.717, 1.165) is 15.8 Å². The van der Waals surface area contributed by atoms with Gasteiger partial charge in [0.2, 0.25) is 11.8 Å². The summed E-state index contributed by atoms with van der Waals surface area (Å²) in [5.74, 6) is -1.03. The molecule has 0 saturated heterocycles. The number of carbonyl (C=O) groups excluding carboxylic acids is 4. The fourth-order valence-electron chi connectivity index (χ4n) is 3.44. The molecule has 0 fully saturated rings. The Bertz CT molecular complexity index is 1230. The smallest absolute Gasteiger partial charge is 0.261 e. The lowest BCUT2D eigenvalue weighted by Crippen LogP contribution is -2.31. The molecule has 158 valence electrons. The number of aryl methyl sites for hydroxylation is 1. The van der Waals surface area contributed by atoms with Gasteiger partial charge in [0.1, 0.15) is 0 Å². The van der Waals surface area contributed by atoms with Gasteiger partial charge in [-0.3, -0.25) is 24.1 Å². The number of fused-ring (bicyclic) bond motifs is 2.